The van der Waals surface area contributed by atoms with Crippen molar-refractivity contribution in [2.24, 2.45) is 0 Å². The summed E-state index contributed by atoms with van der Waals surface area (Å²) in [6.07, 6.45) is 0. The minimum atomic E-state index is 0.195. The van der Waals surface area contributed by atoms with E-state index >= 15 is 0 Å². The predicted molar refractivity (Wildman–Crippen MR) is 45.0 cm³/mol. The number of benzene rings is 1. The summed E-state index contributed by atoms with van der Waals surface area (Å²) in [6, 6.07) is 5.52. The summed E-state index contributed by atoms with van der Waals surface area (Å²) in [5.74, 6) is 1.17. The summed E-state index contributed by atoms with van der Waals surface area (Å²) >= 11 is 3.27. The van der Waals surface area contributed by atoms with Crippen molar-refractivity contribution in [2.45, 2.75) is 0 Å². The fraction of sp³-hybridized carbons (Fsp3) is 0.125. The zero-order valence-electron chi connectivity index (χ0n) is 6.00. The van der Waals surface area contributed by atoms with Gasteiger partial charge in [-0.15, -0.1) is 0 Å². The standard InChI is InChI=1S/C8H4BrNO2/c9-6-1-5(3-10)8-7(2-6)11-4-12-8/h1-2H,4H2. The number of halogens is 1. The molecule has 0 amide bonds. The third-order valence-corrected chi connectivity index (χ3v) is 2.02. The molecule has 3 nitrogen and oxygen atoms in total. The third kappa shape index (κ3) is 1.03. The van der Waals surface area contributed by atoms with Crippen LogP contribution < -0.4 is 9.47 Å². The molecule has 0 bridgehead atoms. The molecule has 0 saturated carbocycles. The molecule has 0 atom stereocenters. The number of nitriles is 1. The van der Waals surface area contributed by atoms with Crippen molar-refractivity contribution in [2.75, 3.05) is 6.79 Å². The van der Waals surface area contributed by atoms with Crippen LogP contribution in [0.2, 0.25) is 0 Å². The van der Waals surface area contributed by atoms with Gasteiger partial charge < -0.3 is 9.47 Å². The van der Waals surface area contributed by atoms with E-state index in [1.807, 2.05) is 6.07 Å². The summed E-state index contributed by atoms with van der Waals surface area (Å²) in [5.41, 5.74) is 0.497. The highest BCUT2D eigenvalue weighted by molar-refractivity contribution is 9.10. The third-order valence-electron chi connectivity index (χ3n) is 1.56. The fourth-order valence-corrected chi connectivity index (χ4v) is 1.50. The molecule has 1 aromatic rings. The van der Waals surface area contributed by atoms with E-state index < -0.39 is 0 Å². The maximum atomic E-state index is 8.72. The Kier molecular flexibility index (Phi) is 1.66. The minimum Gasteiger partial charge on any atom is -0.454 e. The van der Waals surface area contributed by atoms with Crippen molar-refractivity contribution in [3.63, 3.8) is 0 Å². The van der Waals surface area contributed by atoms with Gasteiger partial charge in [0.1, 0.15) is 6.07 Å². The van der Waals surface area contributed by atoms with Crippen molar-refractivity contribution in [1.29, 1.82) is 5.26 Å². The van der Waals surface area contributed by atoms with E-state index in [-0.39, 0.29) is 6.79 Å². The largest absolute Gasteiger partial charge is 0.454 e. The molecule has 1 aliphatic rings. The Labute approximate surface area is 77.6 Å². The first-order valence-corrected chi connectivity index (χ1v) is 4.10. The molecule has 0 saturated heterocycles. The van der Waals surface area contributed by atoms with Crippen molar-refractivity contribution in [3.05, 3.63) is 22.2 Å². The van der Waals surface area contributed by atoms with Crippen molar-refractivity contribution < 1.29 is 9.47 Å². The van der Waals surface area contributed by atoms with Gasteiger partial charge in [0.25, 0.3) is 0 Å². The number of hydrogen-bond donors (Lipinski definition) is 0. The summed E-state index contributed by atoms with van der Waals surface area (Å²) in [7, 11) is 0. The van der Waals surface area contributed by atoms with Gasteiger partial charge >= 0.3 is 0 Å². The minimum absolute atomic E-state index is 0.195. The smallest absolute Gasteiger partial charge is 0.231 e. The van der Waals surface area contributed by atoms with Crippen LogP contribution in [0.15, 0.2) is 16.6 Å². The first kappa shape index (κ1) is 7.44. The van der Waals surface area contributed by atoms with Gasteiger partial charge in [-0.25, -0.2) is 0 Å². The van der Waals surface area contributed by atoms with Crippen molar-refractivity contribution in [3.8, 4) is 17.6 Å². The Morgan fingerprint density at radius 3 is 3.00 bits per heavy atom. The van der Waals surface area contributed by atoms with E-state index in [2.05, 4.69) is 15.9 Å². The lowest BCUT2D eigenvalue weighted by Gasteiger charge is -1.98. The summed E-state index contributed by atoms with van der Waals surface area (Å²) in [4.78, 5) is 0. The maximum absolute atomic E-state index is 8.72. The molecule has 0 spiro atoms. The SMILES string of the molecule is N#Cc1cc(Br)cc2c1OCO2. The summed E-state index contributed by atoms with van der Waals surface area (Å²) in [6.45, 7) is 0.195. The lowest BCUT2D eigenvalue weighted by Crippen LogP contribution is -1.93. The second kappa shape index (κ2) is 2.68. The zero-order valence-corrected chi connectivity index (χ0v) is 7.59. The molecular weight excluding hydrogens is 222 g/mol. The first-order valence-electron chi connectivity index (χ1n) is 3.30. The van der Waals surface area contributed by atoms with Crippen LogP contribution in [0.3, 0.4) is 0 Å². The highest BCUT2D eigenvalue weighted by atomic mass is 79.9. The van der Waals surface area contributed by atoms with Crippen LogP contribution in [-0.4, -0.2) is 6.79 Å². The molecule has 1 aromatic carbocycles. The number of hydrogen-bond acceptors (Lipinski definition) is 3. The zero-order chi connectivity index (χ0) is 8.55. The van der Waals surface area contributed by atoms with Gasteiger partial charge in [0.15, 0.2) is 11.5 Å². The summed E-state index contributed by atoms with van der Waals surface area (Å²) in [5, 5.41) is 8.72. The molecule has 4 heteroatoms. The second-order valence-corrected chi connectivity index (χ2v) is 3.21. The molecule has 0 aliphatic carbocycles. The normalized spacial score (nSPS) is 12.7. The summed E-state index contributed by atoms with van der Waals surface area (Å²) < 4.78 is 11.1. The molecule has 0 fully saturated rings. The number of rotatable bonds is 0. The predicted octanol–water partition coefficient (Wildman–Crippen LogP) is 2.05. The topological polar surface area (TPSA) is 42.2 Å². The Balaban J connectivity index is 2.64. The Morgan fingerprint density at radius 2 is 2.25 bits per heavy atom. The molecule has 1 aliphatic heterocycles. The van der Waals surface area contributed by atoms with Crippen LogP contribution in [-0.2, 0) is 0 Å². The van der Waals surface area contributed by atoms with Gasteiger partial charge in [-0.3, -0.25) is 0 Å². The van der Waals surface area contributed by atoms with Gasteiger partial charge in [0, 0.05) is 4.47 Å². The van der Waals surface area contributed by atoms with Crippen LogP contribution in [0, 0.1) is 11.3 Å². The monoisotopic (exact) mass is 225 g/mol. The van der Waals surface area contributed by atoms with E-state index in [0.29, 0.717) is 17.1 Å². The highest BCUT2D eigenvalue weighted by Gasteiger charge is 2.18. The van der Waals surface area contributed by atoms with E-state index in [0.717, 1.165) is 4.47 Å². The van der Waals surface area contributed by atoms with Crippen LogP contribution in [0.4, 0.5) is 0 Å². The second-order valence-electron chi connectivity index (χ2n) is 2.30. The molecule has 0 aromatic heterocycles. The molecule has 0 N–H and O–H groups in total. The Bertz CT molecular complexity index is 370. The number of fused-ring (bicyclic) bond motifs is 1. The van der Waals surface area contributed by atoms with Crippen LogP contribution in [0.25, 0.3) is 0 Å². The molecule has 2 rings (SSSR count). The van der Waals surface area contributed by atoms with E-state index in [4.69, 9.17) is 14.7 Å². The lowest BCUT2D eigenvalue weighted by molar-refractivity contribution is 0.173. The number of nitrogens with zero attached hydrogens (tertiary/aromatic N) is 1. The van der Waals surface area contributed by atoms with E-state index in [1.165, 1.54) is 0 Å². The van der Waals surface area contributed by atoms with Crippen molar-refractivity contribution >= 4 is 15.9 Å². The van der Waals surface area contributed by atoms with E-state index in [1.54, 1.807) is 12.1 Å². The average molecular weight is 226 g/mol. The molecule has 12 heavy (non-hydrogen) atoms. The van der Waals surface area contributed by atoms with Crippen LogP contribution in [0.1, 0.15) is 5.56 Å². The van der Waals surface area contributed by atoms with Gasteiger partial charge in [-0.2, -0.15) is 5.26 Å². The quantitative estimate of drug-likeness (QED) is 0.679. The van der Waals surface area contributed by atoms with E-state index in [9.17, 15) is 0 Å². The fourth-order valence-electron chi connectivity index (χ4n) is 1.06. The van der Waals surface area contributed by atoms with Gasteiger partial charge in [-0.05, 0) is 12.1 Å². The maximum Gasteiger partial charge on any atom is 0.231 e. The average Bonchev–Trinajstić information content (AvgIpc) is 2.50. The van der Waals surface area contributed by atoms with Crippen molar-refractivity contribution in [1.82, 2.24) is 0 Å². The number of ether oxygens (including phenoxy) is 2. The molecule has 60 valence electrons. The van der Waals surface area contributed by atoms with Crippen LogP contribution >= 0.6 is 15.9 Å². The van der Waals surface area contributed by atoms with Crippen LogP contribution in [0.5, 0.6) is 11.5 Å². The van der Waals surface area contributed by atoms with Gasteiger partial charge in [0.05, 0.1) is 5.56 Å². The Hall–Kier alpha value is -1.21. The Morgan fingerprint density at radius 1 is 1.42 bits per heavy atom. The van der Waals surface area contributed by atoms with Gasteiger partial charge in [-0.1, -0.05) is 15.9 Å². The highest BCUT2D eigenvalue weighted by Crippen LogP contribution is 2.37. The first-order chi connectivity index (χ1) is 5.81. The lowest BCUT2D eigenvalue weighted by atomic mass is 10.2. The molecule has 0 unspecified atom stereocenters. The molecule has 0 radical (unpaired) electrons. The molecule has 1 heterocycles. The van der Waals surface area contributed by atoms with Gasteiger partial charge in [0.2, 0.25) is 6.79 Å². The molecular formula is C8H4BrNO2.